The second-order valence-corrected chi connectivity index (χ2v) is 9.40. The van der Waals surface area contributed by atoms with E-state index in [4.69, 9.17) is 0 Å². The Labute approximate surface area is 190 Å². The first-order chi connectivity index (χ1) is 15.5. The molecular formula is C29H30N2O. The molecule has 3 aromatic carbocycles. The summed E-state index contributed by atoms with van der Waals surface area (Å²) in [6.07, 6.45) is 1.38. The van der Waals surface area contributed by atoms with Crippen molar-refractivity contribution in [2.24, 2.45) is 0 Å². The van der Waals surface area contributed by atoms with Gasteiger partial charge in [-0.1, -0.05) is 80.1 Å². The third-order valence-corrected chi connectivity index (χ3v) is 6.79. The zero-order valence-electron chi connectivity index (χ0n) is 19.0. The van der Waals surface area contributed by atoms with Gasteiger partial charge in [-0.15, -0.1) is 0 Å². The third kappa shape index (κ3) is 3.84. The summed E-state index contributed by atoms with van der Waals surface area (Å²) in [4.78, 5) is 13.6. The number of hydrogen-bond acceptors (Lipinski definition) is 3. The summed E-state index contributed by atoms with van der Waals surface area (Å²) < 4.78 is 0. The normalized spacial score (nSPS) is 20.2. The largest absolute Gasteiger partial charge is 0.372 e. The number of nitrogens with one attached hydrogen (secondary N) is 2. The molecule has 1 heterocycles. The smallest absolute Gasteiger partial charge is 0.163 e. The molecule has 0 saturated carbocycles. The summed E-state index contributed by atoms with van der Waals surface area (Å²) in [6, 6.07) is 25.4. The minimum Gasteiger partial charge on any atom is -0.372 e. The number of aryl methyl sites for hydroxylation is 1. The van der Waals surface area contributed by atoms with Gasteiger partial charge in [0.25, 0.3) is 0 Å². The van der Waals surface area contributed by atoms with Gasteiger partial charge < -0.3 is 10.6 Å². The van der Waals surface area contributed by atoms with Gasteiger partial charge in [0.2, 0.25) is 0 Å². The maximum atomic E-state index is 13.6. The molecule has 2 atom stereocenters. The van der Waals surface area contributed by atoms with Crippen LogP contribution in [-0.2, 0) is 4.79 Å². The lowest BCUT2D eigenvalue weighted by Crippen LogP contribution is -2.26. The molecule has 0 amide bonds. The van der Waals surface area contributed by atoms with Gasteiger partial charge in [0, 0.05) is 17.7 Å². The minimum absolute atomic E-state index is 0.158. The molecule has 0 saturated heterocycles. The Balaban J connectivity index is 1.58. The van der Waals surface area contributed by atoms with E-state index < -0.39 is 0 Å². The molecule has 3 aromatic rings. The molecule has 0 radical (unpaired) electrons. The fourth-order valence-electron chi connectivity index (χ4n) is 4.89. The molecule has 32 heavy (non-hydrogen) atoms. The summed E-state index contributed by atoms with van der Waals surface area (Å²) in [5, 5.41) is 7.30. The van der Waals surface area contributed by atoms with Crippen LogP contribution in [0.4, 0.5) is 11.4 Å². The number of Topliss-reactive ketones (excluding diaryl/α,β-unsaturated/α-hetero) is 1. The molecular weight excluding hydrogens is 392 g/mol. The number of anilines is 2. The lowest BCUT2D eigenvalue weighted by Gasteiger charge is -2.30. The van der Waals surface area contributed by atoms with Crippen LogP contribution in [0.15, 0.2) is 84.1 Å². The van der Waals surface area contributed by atoms with E-state index >= 15 is 0 Å². The predicted molar refractivity (Wildman–Crippen MR) is 132 cm³/mol. The van der Waals surface area contributed by atoms with Crippen LogP contribution in [0.25, 0.3) is 0 Å². The van der Waals surface area contributed by atoms with Crippen LogP contribution in [0.2, 0.25) is 0 Å². The lowest BCUT2D eigenvalue weighted by molar-refractivity contribution is -0.116. The van der Waals surface area contributed by atoms with Crippen LogP contribution in [0, 0.1) is 6.92 Å². The summed E-state index contributed by atoms with van der Waals surface area (Å²) in [5.74, 6) is 0.904. The molecule has 1 aliphatic carbocycles. The van der Waals surface area contributed by atoms with Gasteiger partial charge in [-0.25, -0.2) is 0 Å². The van der Waals surface area contributed by atoms with Crippen molar-refractivity contribution >= 4 is 17.2 Å². The van der Waals surface area contributed by atoms with Gasteiger partial charge in [-0.3, -0.25) is 4.79 Å². The molecule has 0 bridgehead atoms. The van der Waals surface area contributed by atoms with E-state index in [0.29, 0.717) is 12.3 Å². The fraction of sp³-hybridized carbons (Fsp3) is 0.276. The molecule has 5 rings (SSSR count). The molecule has 3 heteroatoms. The van der Waals surface area contributed by atoms with Crippen molar-refractivity contribution < 1.29 is 4.79 Å². The van der Waals surface area contributed by atoms with E-state index in [0.717, 1.165) is 34.6 Å². The molecule has 0 aromatic heterocycles. The Morgan fingerprint density at radius 2 is 1.47 bits per heavy atom. The molecule has 0 spiro atoms. The highest BCUT2D eigenvalue weighted by atomic mass is 16.1. The van der Waals surface area contributed by atoms with Crippen LogP contribution in [0.5, 0.6) is 0 Å². The zero-order valence-corrected chi connectivity index (χ0v) is 19.0. The summed E-state index contributed by atoms with van der Waals surface area (Å²) in [6.45, 7) is 6.51. The van der Waals surface area contributed by atoms with Crippen LogP contribution in [0.1, 0.15) is 66.8 Å². The number of carbonyl (C=O) groups is 1. The van der Waals surface area contributed by atoms with Gasteiger partial charge in [0.1, 0.15) is 0 Å². The average molecular weight is 423 g/mol. The zero-order chi connectivity index (χ0) is 22.2. The van der Waals surface area contributed by atoms with Crippen molar-refractivity contribution in [3.05, 3.63) is 106 Å². The van der Waals surface area contributed by atoms with Gasteiger partial charge in [0.05, 0.1) is 17.4 Å². The number of benzene rings is 3. The van der Waals surface area contributed by atoms with Gasteiger partial charge in [0.15, 0.2) is 5.78 Å². The fourth-order valence-corrected chi connectivity index (χ4v) is 4.89. The second-order valence-electron chi connectivity index (χ2n) is 9.40. The summed E-state index contributed by atoms with van der Waals surface area (Å²) in [7, 11) is 0. The Kier molecular flexibility index (Phi) is 5.34. The molecule has 3 nitrogen and oxygen atoms in total. The molecule has 162 valence electrons. The number of para-hydroxylation sites is 2. The maximum Gasteiger partial charge on any atom is 0.163 e. The lowest BCUT2D eigenvalue weighted by atomic mass is 9.78. The number of rotatable bonds is 3. The molecule has 2 aliphatic rings. The highest BCUT2D eigenvalue weighted by Crippen LogP contribution is 2.44. The highest BCUT2D eigenvalue weighted by Gasteiger charge is 2.36. The molecule has 0 fully saturated rings. The van der Waals surface area contributed by atoms with Crippen molar-refractivity contribution in [1.29, 1.82) is 0 Å². The monoisotopic (exact) mass is 422 g/mol. The molecule has 0 unspecified atom stereocenters. The van der Waals surface area contributed by atoms with E-state index in [9.17, 15) is 4.79 Å². The Hall–Kier alpha value is -3.33. The van der Waals surface area contributed by atoms with Crippen molar-refractivity contribution in [2.45, 2.75) is 51.5 Å². The van der Waals surface area contributed by atoms with Crippen LogP contribution < -0.4 is 10.6 Å². The number of hydrogen-bond donors (Lipinski definition) is 2. The summed E-state index contributed by atoms with van der Waals surface area (Å²) >= 11 is 0. The molecule has 1 aliphatic heterocycles. The summed E-state index contributed by atoms with van der Waals surface area (Å²) in [5.41, 5.74) is 8.89. The number of carbonyl (C=O) groups excluding carboxylic acids is 1. The van der Waals surface area contributed by atoms with Crippen LogP contribution >= 0.6 is 0 Å². The average Bonchev–Trinajstić information content (AvgIpc) is 2.96. The first-order valence-electron chi connectivity index (χ1n) is 11.5. The first kappa shape index (κ1) is 20.6. The van der Waals surface area contributed by atoms with Gasteiger partial charge >= 0.3 is 0 Å². The van der Waals surface area contributed by atoms with E-state index in [2.05, 4.69) is 92.1 Å². The number of fused-ring (bicyclic) bond motifs is 1. The topological polar surface area (TPSA) is 41.1 Å². The Morgan fingerprint density at radius 3 is 2.16 bits per heavy atom. The Morgan fingerprint density at radius 1 is 0.812 bits per heavy atom. The van der Waals surface area contributed by atoms with E-state index in [1.165, 1.54) is 16.7 Å². The minimum atomic E-state index is -0.158. The second kappa shape index (κ2) is 8.31. The van der Waals surface area contributed by atoms with Crippen molar-refractivity contribution in [2.75, 3.05) is 10.6 Å². The van der Waals surface area contributed by atoms with Crippen molar-refractivity contribution in [1.82, 2.24) is 0 Å². The van der Waals surface area contributed by atoms with Crippen molar-refractivity contribution in [3.8, 4) is 0 Å². The standard InChI is InChI=1S/C29H30N2O/c1-18(2)20-12-14-22(15-13-20)29-28-26(30-24-6-4-5-7-25(24)31-29)16-23(17-27(28)32)21-10-8-19(3)9-11-21/h4-15,18,23,29-31H,16-17H2,1-3H3/t23-,29-/m1/s1. The van der Waals surface area contributed by atoms with Gasteiger partial charge in [-0.05, 0) is 54.0 Å². The predicted octanol–water partition coefficient (Wildman–Crippen LogP) is 7.10. The quantitative estimate of drug-likeness (QED) is 0.473. The van der Waals surface area contributed by atoms with Crippen LogP contribution in [0.3, 0.4) is 0 Å². The van der Waals surface area contributed by atoms with E-state index in [1.807, 2.05) is 12.1 Å². The van der Waals surface area contributed by atoms with Crippen molar-refractivity contribution in [3.63, 3.8) is 0 Å². The van der Waals surface area contributed by atoms with E-state index in [1.54, 1.807) is 0 Å². The third-order valence-electron chi connectivity index (χ3n) is 6.79. The first-order valence-corrected chi connectivity index (χ1v) is 11.5. The van der Waals surface area contributed by atoms with Gasteiger partial charge in [-0.2, -0.15) is 0 Å². The van der Waals surface area contributed by atoms with Crippen LogP contribution in [-0.4, -0.2) is 5.78 Å². The molecule has 2 N–H and O–H groups in total. The number of ketones is 1. The number of allylic oxidation sites excluding steroid dienone is 1. The van der Waals surface area contributed by atoms with E-state index in [-0.39, 0.29) is 17.7 Å². The Bertz CT molecular complexity index is 1170. The SMILES string of the molecule is Cc1ccc([C@H]2CC(=O)C3=C(C2)Nc2ccccc2N[C@@H]3c2ccc(C(C)C)cc2)cc1. The maximum absolute atomic E-state index is 13.6. The highest BCUT2D eigenvalue weighted by molar-refractivity contribution is 6.01.